The lowest BCUT2D eigenvalue weighted by molar-refractivity contribution is -0.155. The number of hydrogen-bond donors (Lipinski definition) is 1. The summed E-state index contributed by atoms with van der Waals surface area (Å²) in [5.41, 5.74) is -2.89. The summed E-state index contributed by atoms with van der Waals surface area (Å²) >= 11 is 0. The number of carboxylic acid groups (broad SMARTS) is 1. The van der Waals surface area contributed by atoms with Gasteiger partial charge in [0.2, 0.25) is 6.41 Å². The van der Waals surface area contributed by atoms with Crippen molar-refractivity contribution < 1.29 is 27.9 Å². The van der Waals surface area contributed by atoms with Gasteiger partial charge in [-0.3, -0.25) is 4.79 Å². The molecule has 1 atom stereocenters. The van der Waals surface area contributed by atoms with Crippen LogP contribution < -0.4 is 0 Å². The van der Waals surface area contributed by atoms with E-state index in [0.717, 1.165) is 23.1 Å². The molecule has 0 fully saturated rings. The van der Waals surface area contributed by atoms with E-state index in [4.69, 9.17) is 0 Å². The average Bonchev–Trinajstić information content (AvgIpc) is 2.43. The molecule has 1 aromatic carbocycles. The molecule has 21 heavy (non-hydrogen) atoms. The molecule has 0 saturated heterocycles. The van der Waals surface area contributed by atoms with Crippen molar-refractivity contribution in [2.45, 2.75) is 32.0 Å². The van der Waals surface area contributed by atoms with Crippen LogP contribution in [0.4, 0.5) is 13.2 Å². The minimum absolute atomic E-state index is 0.0922. The molecule has 4 nitrogen and oxygen atoms in total. The normalized spacial score (nSPS) is 14.3. The number of rotatable bonds is 6. The number of carboxylic acids is 1. The van der Waals surface area contributed by atoms with Gasteiger partial charge in [0, 0.05) is 6.54 Å². The maximum absolute atomic E-state index is 12.8. The Kier molecular flexibility index (Phi) is 4.98. The molecule has 1 amide bonds. The van der Waals surface area contributed by atoms with Crippen LogP contribution in [0.25, 0.3) is 0 Å². The summed E-state index contributed by atoms with van der Waals surface area (Å²) < 4.78 is 38.3. The predicted molar refractivity (Wildman–Crippen MR) is 69.5 cm³/mol. The molecule has 0 bridgehead atoms. The smallest absolute Gasteiger partial charge is 0.416 e. The van der Waals surface area contributed by atoms with Gasteiger partial charge in [-0.15, -0.1) is 0 Å². The third-order valence-corrected chi connectivity index (χ3v) is 3.33. The van der Waals surface area contributed by atoms with E-state index in [-0.39, 0.29) is 12.1 Å². The maximum Gasteiger partial charge on any atom is 0.416 e. The van der Waals surface area contributed by atoms with E-state index in [2.05, 4.69) is 0 Å². The van der Waals surface area contributed by atoms with Crippen LogP contribution in [0.1, 0.15) is 31.4 Å². The zero-order valence-electron chi connectivity index (χ0n) is 11.6. The largest absolute Gasteiger partial charge is 0.479 e. The van der Waals surface area contributed by atoms with Gasteiger partial charge in [-0.05, 0) is 31.0 Å². The van der Waals surface area contributed by atoms with Crippen LogP contribution in [0.15, 0.2) is 24.3 Å². The van der Waals surface area contributed by atoms with E-state index in [1.54, 1.807) is 6.92 Å². The molecule has 7 heteroatoms. The quantitative estimate of drug-likeness (QED) is 0.822. The second-order valence-corrected chi connectivity index (χ2v) is 4.75. The Labute approximate surface area is 120 Å². The van der Waals surface area contributed by atoms with Crippen LogP contribution in [-0.4, -0.2) is 28.9 Å². The van der Waals surface area contributed by atoms with Crippen molar-refractivity contribution in [1.29, 1.82) is 0 Å². The first-order chi connectivity index (χ1) is 9.67. The highest BCUT2D eigenvalue weighted by molar-refractivity contribution is 5.83. The van der Waals surface area contributed by atoms with Crippen molar-refractivity contribution in [3.05, 3.63) is 35.4 Å². The molecular weight excluding hydrogens is 287 g/mol. The fourth-order valence-corrected chi connectivity index (χ4v) is 2.03. The van der Waals surface area contributed by atoms with Crippen LogP contribution in [0.5, 0.6) is 0 Å². The summed E-state index contributed by atoms with van der Waals surface area (Å²) in [6.45, 7) is 3.09. The van der Waals surface area contributed by atoms with Crippen LogP contribution in [-0.2, 0) is 21.3 Å². The first kappa shape index (κ1) is 17.0. The van der Waals surface area contributed by atoms with Crippen molar-refractivity contribution in [1.82, 2.24) is 4.90 Å². The molecule has 0 radical (unpaired) electrons. The number of aliphatic carboxylic acids is 1. The van der Waals surface area contributed by atoms with E-state index in [0.29, 0.717) is 12.8 Å². The van der Waals surface area contributed by atoms with Crippen molar-refractivity contribution in [3.8, 4) is 0 Å². The van der Waals surface area contributed by atoms with Gasteiger partial charge >= 0.3 is 12.1 Å². The minimum Gasteiger partial charge on any atom is -0.479 e. The molecule has 1 unspecified atom stereocenters. The summed E-state index contributed by atoms with van der Waals surface area (Å²) in [5.74, 6) is -1.39. The number of hydrogen-bond acceptors (Lipinski definition) is 2. The number of amides is 1. The minimum atomic E-state index is -4.58. The molecule has 116 valence electrons. The van der Waals surface area contributed by atoms with E-state index < -0.39 is 23.2 Å². The molecule has 0 saturated carbocycles. The first-order valence-electron chi connectivity index (χ1n) is 6.31. The molecule has 0 aliphatic carbocycles. The average molecular weight is 303 g/mol. The van der Waals surface area contributed by atoms with Gasteiger partial charge in [-0.25, -0.2) is 4.79 Å². The Morgan fingerprint density at radius 3 is 2.33 bits per heavy atom. The summed E-state index contributed by atoms with van der Waals surface area (Å²) in [7, 11) is 0. The van der Waals surface area contributed by atoms with Crippen LogP contribution in [0.3, 0.4) is 0 Å². The van der Waals surface area contributed by atoms with E-state index in [1.165, 1.54) is 13.0 Å². The number of carbonyl (C=O) groups is 2. The van der Waals surface area contributed by atoms with Gasteiger partial charge in [-0.2, -0.15) is 13.2 Å². The van der Waals surface area contributed by atoms with Crippen molar-refractivity contribution >= 4 is 12.4 Å². The molecular formula is C14H16F3NO3. The fourth-order valence-electron chi connectivity index (χ4n) is 2.03. The molecule has 1 rings (SSSR count). The molecule has 0 aliphatic heterocycles. The topological polar surface area (TPSA) is 57.6 Å². The first-order valence-corrected chi connectivity index (χ1v) is 6.31. The van der Waals surface area contributed by atoms with Gasteiger partial charge in [0.25, 0.3) is 0 Å². The van der Waals surface area contributed by atoms with Crippen molar-refractivity contribution in [3.63, 3.8) is 0 Å². The number of halogens is 3. The fraction of sp³-hybridized carbons (Fsp3) is 0.429. The SMILES string of the molecule is CCCN(C=O)C(C)(C(=O)O)c1cccc(C(F)(F)F)c1. The molecule has 0 spiro atoms. The highest BCUT2D eigenvalue weighted by Gasteiger charge is 2.42. The highest BCUT2D eigenvalue weighted by Crippen LogP contribution is 2.34. The monoisotopic (exact) mass is 303 g/mol. The van der Waals surface area contributed by atoms with Crippen LogP contribution >= 0.6 is 0 Å². The standard InChI is InChI=1S/C14H16F3NO3/c1-3-7-18(9-19)13(2,12(20)21)10-5-4-6-11(8-10)14(15,16)17/h4-6,8-9H,3,7H2,1-2H3,(H,20,21). The number of benzene rings is 1. The zero-order chi connectivity index (χ0) is 16.3. The van der Waals surface area contributed by atoms with Crippen LogP contribution in [0, 0.1) is 0 Å². The lowest BCUT2D eigenvalue weighted by atomic mass is 9.89. The lowest BCUT2D eigenvalue weighted by Crippen LogP contribution is -2.49. The second-order valence-electron chi connectivity index (χ2n) is 4.75. The molecule has 1 N–H and O–H groups in total. The predicted octanol–water partition coefficient (Wildman–Crippen LogP) is 2.87. The van der Waals surface area contributed by atoms with Crippen LogP contribution in [0.2, 0.25) is 0 Å². The second kappa shape index (κ2) is 6.15. The number of alkyl halides is 3. The van der Waals surface area contributed by atoms with Gasteiger partial charge in [0.15, 0.2) is 5.54 Å². The van der Waals surface area contributed by atoms with Crippen molar-refractivity contribution in [2.75, 3.05) is 6.54 Å². The van der Waals surface area contributed by atoms with Gasteiger partial charge < -0.3 is 10.0 Å². The highest BCUT2D eigenvalue weighted by atomic mass is 19.4. The van der Waals surface area contributed by atoms with E-state index >= 15 is 0 Å². The number of nitrogens with zero attached hydrogens (tertiary/aromatic N) is 1. The Bertz CT molecular complexity index is 530. The Morgan fingerprint density at radius 2 is 1.90 bits per heavy atom. The zero-order valence-corrected chi connectivity index (χ0v) is 11.6. The summed E-state index contributed by atoms with van der Waals surface area (Å²) in [5, 5.41) is 9.43. The maximum atomic E-state index is 12.8. The van der Waals surface area contributed by atoms with Crippen molar-refractivity contribution in [2.24, 2.45) is 0 Å². The number of carbonyl (C=O) groups excluding carboxylic acids is 1. The van der Waals surface area contributed by atoms with E-state index in [9.17, 15) is 27.9 Å². The summed E-state index contributed by atoms with van der Waals surface area (Å²) in [4.78, 5) is 23.7. The van der Waals surface area contributed by atoms with Gasteiger partial charge in [0.05, 0.1) is 5.56 Å². The Morgan fingerprint density at radius 1 is 1.33 bits per heavy atom. The lowest BCUT2D eigenvalue weighted by Gasteiger charge is -2.35. The molecule has 0 aliphatic rings. The van der Waals surface area contributed by atoms with Gasteiger partial charge in [-0.1, -0.05) is 19.1 Å². The van der Waals surface area contributed by atoms with Gasteiger partial charge in [0.1, 0.15) is 0 Å². The molecule has 1 aromatic rings. The van der Waals surface area contributed by atoms with E-state index in [1.807, 2.05) is 0 Å². The third-order valence-electron chi connectivity index (χ3n) is 3.33. The Hall–Kier alpha value is -2.05. The summed E-state index contributed by atoms with van der Waals surface area (Å²) in [6.07, 6.45) is -3.75. The summed E-state index contributed by atoms with van der Waals surface area (Å²) in [6, 6.07) is 4.03. The molecule has 0 heterocycles. The Balaban J connectivity index is 3.41. The third kappa shape index (κ3) is 3.34. The molecule has 0 aromatic heterocycles.